The molecule has 1 aliphatic carbocycles. The zero-order chi connectivity index (χ0) is 15.5. The molecule has 0 saturated heterocycles. The van der Waals surface area contributed by atoms with E-state index in [1.165, 1.54) is 5.56 Å². The van der Waals surface area contributed by atoms with Crippen molar-refractivity contribution in [3.05, 3.63) is 70.2 Å². The second kappa shape index (κ2) is 6.44. The van der Waals surface area contributed by atoms with E-state index in [-0.39, 0.29) is 17.8 Å². The van der Waals surface area contributed by atoms with Gasteiger partial charge < -0.3 is 4.84 Å². The molecule has 2 atom stereocenters. The van der Waals surface area contributed by atoms with E-state index in [9.17, 15) is 4.79 Å². The number of hydrogen-bond donors (Lipinski definition) is 0. The number of carbonyl (C=O) groups is 1. The van der Waals surface area contributed by atoms with E-state index in [0.29, 0.717) is 5.71 Å². The molecule has 0 heterocycles. The standard InChI is InChI=1S/C18H16BrNO2/c1-12(13-7-9-15(19)10-8-13)20-22-18(21)17-11-16(17)14-5-3-2-4-6-14/h2-10,16-17H,11H2,1H3/b20-12+/t16-,17+/m0/s1. The number of oxime groups is 1. The minimum Gasteiger partial charge on any atom is -0.318 e. The molecule has 2 aromatic rings. The lowest BCUT2D eigenvalue weighted by Crippen LogP contribution is -2.06. The Hall–Kier alpha value is -1.94. The minimum atomic E-state index is -0.245. The number of carbonyl (C=O) groups excluding carboxylic acids is 1. The van der Waals surface area contributed by atoms with Crippen molar-refractivity contribution in [3.8, 4) is 0 Å². The zero-order valence-corrected chi connectivity index (χ0v) is 13.8. The summed E-state index contributed by atoms with van der Waals surface area (Å²) < 4.78 is 1.00. The van der Waals surface area contributed by atoms with Crippen molar-refractivity contribution in [2.75, 3.05) is 0 Å². The van der Waals surface area contributed by atoms with Gasteiger partial charge in [-0.1, -0.05) is 63.6 Å². The third kappa shape index (κ3) is 3.45. The Morgan fingerprint density at radius 3 is 2.50 bits per heavy atom. The molecule has 22 heavy (non-hydrogen) atoms. The predicted molar refractivity (Wildman–Crippen MR) is 89.7 cm³/mol. The molecule has 0 radical (unpaired) electrons. The van der Waals surface area contributed by atoms with E-state index in [0.717, 1.165) is 16.5 Å². The highest BCUT2D eigenvalue weighted by molar-refractivity contribution is 9.10. The van der Waals surface area contributed by atoms with E-state index < -0.39 is 0 Å². The van der Waals surface area contributed by atoms with Crippen LogP contribution in [-0.2, 0) is 9.63 Å². The number of benzene rings is 2. The molecule has 1 fully saturated rings. The molecule has 112 valence electrons. The Balaban J connectivity index is 1.59. The Morgan fingerprint density at radius 2 is 1.82 bits per heavy atom. The fourth-order valence-corrected chi connectivity index (χ4v) is 2.71. The Labute approximate surface area is 138 Å². The van der Waals surface area contributed by atoms with Crippen LogP contribution in [0.4, 0.5) is 0 Å². The van der Waals surface area contributed by atoms with Crippen LogP contribution in [0, 0.1) is 5.92 Å². The fourth-order valence-electron chi connectivity index (χ4n) is 2.45. The Kier molecular flexibility index (Phi) is 4.39. The molecule has 2 aromatic carbocycles. The molecular weight excluding hydrogens is 342 g/mol. The smallest absolute Gasteiger partial charge is 0.318 e. The molecule has 0 amide bonds. The number of halogens is 1. The average Bonchev–Trinajstić information content (AvgIpc) is 3.34. The van der Waals surface area contributed by atoms with Gasteiger partial charge in [0.05, 0.1) is 11.6 Å². The molecule has 0 spiro atoms. The van der Waals surface area contributed by atoms with Gasteiger partial charge in [-0.25, -0.2) is 4.79 Å². The summed E-state index contributed by atoms with van der Waals surface area (Å²) >= 11 is 3.39. The molecule has 0 aromatic heterocycles. The van der Waals surface area contributed by atoms with Crippen LogP contribution >= 0.6 is 15.9 Å². The van der Waals surface area contributed by atoms with Crippen LogP contribution in [-0.4, -0.2) is 11.7 Å². The first-order valence-corrected chi connectivity index (χ1v) is 8.01. The molecule has 0 aliphatic heterocycles. The van der Waals surface area contributed by atoms with Crippen LogP contribution in [0.15, 0.2) is 64.2 Å². The average molecular weight is 358 g/mol. The van der Waals surface area contributed by atoms with Crippen LogP contribution in [0.2, 0.25) is 0 Å². The molecule has 0 unspecified atom stereocenters. The molecule has 0 bridgehead atoms. The minimum absolute atomic E-state index is 0.0659. The van der Waals surface area contributed by atoms with Crippen molar-refractivity contribution in [2.24, 2.45) is 11.1 Å². The maximum atomic E-state index is 12.0. The van der Waals surface area contributed by atoms with Gasteiger partial charge in [0.25, 0.3) is 0 Å². The molecule has 4 heteroatoms. The summed E-state index contributed by atoms with van der Waals surface area (Å²) in [7, 11) is 0. The highest BCUT2D eigenvalue weighted by Gasteiger charge is 2.45. The highest BCUT2D eigenvalue weighted by Crippen LogP contribution is 2.48. The van der Waals surface area contributed by atoms with Gasteiger partial charge in [-0.2, -0.15) is 0 Å². The third-order valence-corrected chi connectivity index (χ3v) is 4.38. The number of hydrogen-bond acceptors (Lipinski definition) is 3. The summed E-state index contributed by atoms with van der Waals surface area (Å²) in [4.78, 5) is 17.1. The number of nitrogens with zero attached hydrogens (tertiary/aromatic N) is 1. The van der Waals surface area contributed by atoms with Gasteiger partial charge >= 0.3 is 5.97 Å². The third-order valence-electron chi connectivity index (χ3n) is 3.86. The van der Waals surface area contributed by atoms with Crippen LogP contribution in [0.5, 0.6) is 0 Å². The van der Waals surface area contributed by atoms with Crippen molar-refractivity contribution in [1.29, 1.82) is 0 Å². The van der Waals surface area contributed by atoms with Crippen molar-refractivity contribution in [2.45, 2.75) is 19.3 Å². The molecule has 1 aliphatic rings. The lowest BCUT2D eigenvalue weighted by atomic mass is 10.1. The quantitative estimate of drug-likeness (QED) is 0.458. The van der Waals surface area contributed by atoms with Crippen LogP contribution in [0.1, 0.15) is 30.4 Å². The maximum absolute atomic E-state index is 12.0. The first-order valence-electron chi connectivity index (χ1n) is 7.21. The van der Waals surface area contributed by atoms with E-state index in [1.807, 2.05) is 61.5 Å². The second-order valence-corrected chi connectivity index (χ2v) is 6.37. The van der Waals surface area contributed by atoms with Crippen LogP contribution < -0.4 is 0 Å². The van der Waals surface area contributed by atoms with Gasteiger partial charge in [-0.15, -0.1) is 0 Å². The van der Waals surface area contributed by atoms with Gasteiger partial charge in [0.15, 0.2) is 0 Å². The summed E-state index contributed by atoms with van der Waals surface area (Å²) in [5.41, 5.74) is 2.82. The largest absolute Gasteiger partial charge is 0.338 e. The topological polar surface area (TPSA) is 38.7 Å². The molecule has 0 N–H and O–H groups in total. The van der Waals surface area contributed by atoms with E-state index in [1.54, 1.807) is 0 Å². The second-order valence-electron chi connectivity index (χ2n) is 5.45. The normalized spacial score (nSPS) is 20.5. The summed E-state index contributed by atoms with van der Waals surface area (Å²) in [6.45, 7) is 1.83. The summed E-state index contributed by atoms with van der Waals surface area (Å²) in [5.74, 6) is -0.0360. The van der Waals surface area contributed by atoms with Gasteiger partial charge in [0.2, 0.25) is 0 Å². The predicted octanol–water partition coefficient (Wildman–Crippen LogP) is 4.52. The fraction of sp³-hybridized carbons (Fsp3) is 0.222. The zero-order valence-electron chi connectivity index (χ0n) is 12.2. The summed E-state index contributed by atoms with van der Waals surface area (Å²) in [6, 6.07) is 17.8. The van der Waals surface area contributed by atoms with Gasteiger partial charge in [-0.05, 0) is 42.5 Å². The lowest BCUT2D eigenvalue weighted by molar-refractivity contribution is -0.145. The SMILES string of the molecule is C/C(=N\OC(=O)[C@@H]1C[C@H]1c1ccccc1)c1ccc(Br)cc1. The highest BCUT2D eigenvalue weighted by atomic mass is 79.9. The van der Waals surface area contributed by atoms with Crippen molar-refractivity contribution in [3.63, 3.8) is 0 Å². The van der Waals surface area contributed by atoms with E-state index in [2.05, 4.69) is 21.1 Å². The maximum Gasteiger partial charge on any atom is 0.338 e. The first kappa shape index (κ1) is 15.0. The Morgan fingerprint density at radius 1 is 1.14 bits per heavy atom. The lowest BCUT2D eigenvalue weighted by Gasteiger charge is -2.02. The molecule has 1 saturated carbocycles. The van der Waals surface area contributed by atoms with Gasteiger partial charge in [0.1, 0.15) is 0 Å². The Bertz CT molecular complexity index is 695. The molecular formula is C18H16BrNO2. The summed E-state index contributed by atoms with van der Waals surface area (Å²) in [5, 5.41) is 3.97. The monoisotopic (exact) mass is 357 g/mol. The molecule has 3 nitrogen and oxygen atoms in total. The number of rotatable bonds is 4. The van der Waals surface area contributed by atoms with E-state index >= 15 is 0 Å². The van der Waals surface area contributed by atoms with E-state index in [4.69, 9.17) is 4.84 Å². The van der Waals surface area contributed by atoms with Crippen molar-refractivity contribution >= 4 is 27.6 Å². The first-order chi connectivity index (χ1) is 10.6. The van der Waals surface area contributed by atoms with Crippen LogP contribution in [0.3, 0.4) is 0 Å². The van der Waals surface area contributed by atoms with Gasteiger partial charge in [0, 0.05) is 4.47 Å². The van der Waals surface area contributed by atoms with Crippen LogP contribution in [0.25, 0.3) is 0 Å². The molecule has 3 rings (SSSR count). The van der Waals surface area contributed by atoms with Gasteiger partial charge in [-0.3, -0.25) is 0 Å². The summed E-state index contributed by atoms with van der Waals surface area (Å²) in [6.07, 6.45) is 0.843. The van der Waals surface area contributed by atoms with Crippen molar-refractivity contribution < 1.29 is 9.63 Å². The van der Waals surface area contributed by atoms with Crippen molar-refractivity contribution in [1.82, 2.24) is 0 Å².